The third-order valence-electron chi connectivity index (χ3n) is 4.85. The topological polar surface area (TPSA) is 61.9 Å². The average Bonchev–Trinajstić information content (AvgIpc) is 3.17. The number of H-pyrrole nitrogens is 1. The minimum atomic E-state index is -0.886. The summed E-state index contributed by atoms with van der Waals surface area (Å²) in [7, 11) is 0. The van der Waals surface area contributed by atoms with Gasteiger partial charge in [-0.2, -0.15) is 5.10 Å². The molecule has 3 heterocycles. The second-order valence-electron chi connectivity index (χ2n) is 6.66. The summed E-state index contributed by atoms with van der Waals surface area (Å²) in [6.07, 6.45) is 5.32. The van der Waals surface area contributed by atoms with Crippen LogP contribution in [0, 0.1) is 17.6 Å². The number of aromatic nitrogens is 3. The van der Waals surface area contributed by atoms with Crippen molar-refractivity contribution in [3.05, 3.63) is 66.0 Å². The van der Waals surface area contributed by atoms with Gasteiger partial charge in [-0.25, -0.2) is 8.78 Å². The molecule has 1 aliphatic heterocycles. The van der Waals surface area contributed by atoms with Crippen LogP contribution in [-0.2, 0) is 11.2 Å². The summed E-state index contributed by atoms with van der Waals surface area (Å²) >= 11 is 0. The molecule has 0 saturated carbocycles. The monoisotopic (exact) mass is 368 g/mol. The Hall–Kier alpha value is -3.09. The van der Waals surface area contributed by atoms with Gasteiger partial charge < -0.3 is 0 Å². The number of benzene rings is 1. The molecule has 5 nitrogen and oxygen atoms in total. The molecule has 4 rings (SSSR count). The first kappa shape index (κ1) is 17.3. The standard InChI is InChI=1S/C20H18F2N4O/c21-16-4-3-13(11-17(16)22)10-15-2-1-9-26(20(15)27)19-12-18(24-25-19)14-5-7-23-8-6-14/h3-8,11-12,15H,1-2,9-10H2,(H,24,25). The fourth-order valence-electron chi connectivity index (χ4n) is 3.45. The van der Waals surface area contributed by atoms with Gasteiger partial charge in [0.1, 0.15) is 5.82 Å². The summed E-state index contributed by atoms with van der Waals surface area (Å²) in [5, 5.41) is 7.22. The van der Waals surface area contributed by atoms with Crippen molar-refractivity contribution in [1.82, 2.24) is 15.2 Å². The molecule has 1 fully saturated rings. The number of nitrogens with one attached hydrogen (secondary N) is 1. The zero-order valence-electron chi connectivity index (χ0n) is 14.5. The average molecular weight is 368 g/mol. The van der Waals surface area contributed by atoms with Gasteiger partial charge in [0.2, 0.25) is 5.91 Å². The molecule has 3 aromatic rings. The van der Waals surface area contributed by atoms with E-state index in [1.165, 1.54) is 12.1 Å². The van der Waals surface area contributed by atoms with Gasteiger partial charge >= 0.3 is 0 Å². The van der Waals surface area contributed by atoms with Gasteiger partial charge in [0.05, 0.1) is 5.69 Å². The molecule has 1 aliphatic rings. The normalized spacial score (nSPS) is 17.3. The van der Waals surface area contributed by atoms with Crippen molar-refractivity contribution in [3.8, 4) is 11.3 Å². The van der Waals surface area contributed by atoms with E-state index in [-0.39, 0.29) is 11.8 Å². The van der Waals surface area contributed by atoms with Crippen LogP contribution in [0.4, 0.5) is 14.6 Å². The van der Waals surface area contributed by atoms with E-state index < -0.39 is 11.6 Å². The molecule has 27 heavy (non-hydrogen) atoms. The molecule has 2 aromatic heterocycles. The molecule has 1 amide bonds. The van der Waals surface area contributed by atoms with Crippen molar-refractivity contribution in [2.45, 2.75) is 19.3 Å². The molecule has 7 heteroatoms. The highest BCUT2D eigenvalue weighted by Gasteiger charge is 2.31. The highest BCUT2D eigenvalue weighted by molar-refractivity contribution is 5.95. The van der Waals surface area contributed by atoms with E-state index in [4.69, 9.17) is 0 Å². The van der Waals surface area contributed by atoms with Gasteiger partial charge in [0.15, 0.2) is 11.6 Å². The summed E-state index contributed by atoms with van der Waals surface area (Å²) in [6, 6.07) is 9.34. The predicted octanol–water partition coefficient (Wildman–Crippen LogP) is 3.74. The number of piperidine rings is 1. The van der Waals surface area contributed by atoms with Crippen LogP contribution in [-0.4, -0.2) is 27.6 Å². The molecule has 138 valence electrons. The van der Waals surface area contributed by atoms with E-state index >= 15 is 0 Å². The van der Waals surface area contributed by atoms with Gasteiger partial charge in [-0.05, 0) is 49.1 Å². The number of halogens is 2. The summed E-state index contributed by atoms with van der Waals surface area (Å²) in [6.45, 7) is 0.602. The smallest absolute Gasteiger partial charge is 0.231 e. The molecule has 1 unspecified atom stereocenters. The lowest BCUT2D eigenvalue weighted by Gasteiger charge is -2.31. The number of hydrogen-bond acceptors (Lipinski definition) is 3. The summed E-state index contributed by atoms with van der Waals surface area (Å²) in [5.74, 6) is -1.42. The van der Waals surface area contributed by atoms with Crippen LogP contribution in [0.25, 0.3) is 11.3 Å². The van der Waals surface area contributed by atoms with E-state index in [0.29, 0.717) is 24.3 Å². The number of hydrogen-bond donors (Lipinski definition) is 1. The molecule has 0 bridgehead atoms. The molecular formula is C20H18F2N4O. The molecule has 0 radical (unpaired) electrons. The van der Waals surface area contributed by atoms with E-state index in [1.54, 1.807) is 17.3 Å². The van der Waals surface area contributed by atoms with Crippen molar-refractivity contribution in [2.75, 3.05) is 11.4 Å². The van der Waals surface area contributed by atoms with Crippen LogP contribution in [0.1, 0.15) is 18.4 Å². The van der Waals surface area contributed by atoms with Gasteiger partial charge in [-0.3, -0.25) is 19.8 Å². The zero-order chi connectivity index (χ0) is 18.8. The van der Waals surface area contributed by atoms with Crippen molar-refractivity contribution >= 4 is 11.7 Å². The van der Waals surface area contributed by atoms with E-state index in [0.717, 1.165) is 30.2 Å². The minimum Gasteiger partial charge on any atom is -0.297 e. The van der Waals surface area contributed by atoms with Crippen molar-refractivity contribution < 1.29 is 13.6 Å². The maximum Gasteiger partial charge on any atom is 0.231 e. The van der Waals surface area contributed by atoms with Crippen LogP contribution >= 0.6 is 0 Å². The summed E-state index contributed by atoms with van der Waals surface area (Å²) < 4.78 is 26.6. The lowest BCUT2D eigenvalue weighted by Crippen LogP contribution is -2.42. The zero-order valence-corrected chi connectivity index (χ0v) is 14.5. The summed E-state index contributed by atoms with van der Waals surface area (Å²) in [5.41, 5.74) is 2.27. The fraction of sp³-hybridized carbons (Fsp3) is 0.250. The van der Waals surface area contributed by atoms with Gasteiger partial charge in [-0.1, -0.05) is 6.07 Å². The van der Waals surface area contributed by atoms with Gasteiger partial charge in [0.25, 0.3) is 0 Å². The number of anilines is 1. The number of aromatic amines is 1. The Kier molecular flexibility index (Phi) is 4.66. The number of nitrogens with zero attached hydrogens (tertiary/aromatic N) is 3. The van der Waals surface area contributed by atoms with Crippen LogP contribution < -0.4 is 4.90 Å². The third kappa shape index (κ3) is 3.58. The number of pyridine rings is 1. The van der Waals surface area contributed by atoms with Crippen LogP contribution in [0.2, 0.25) is 0 Å². The lowest BCUT2D eigenvalue weighted by molar-refractivity contribution is -0.123. The second-order valence-corrected chi connectivity index (χ2v) is 6.66. The first-order valence-electron chi connectivity index (χ1n) is 8.83. The number of carbonyl (C=O) groups excluding carboxylic acids is 1. The van der Waals surface area contributed by atoms with Crippen LogP contribution in [0.5, 0.6) is 0 Å². The molecule has 1 N–H and O–H groups in total. The van der Waals surface area contributed by atoms with Gasteiger partial charge in [-0.15, -0.1) is 0 Å². The third-order valence-corrected chi connectivity index (χ3v) is 4.85. The van der Waals surface area contributed by atoms with E-state index in [9.17, 15) is 13.6 Å². The van der Waals surface area contributed by atoms with E-state index in [2.05, 4.69) is 15.2 Å². The number of amides is 1. The Morgan fingerprint density at radius 1 is 1.11 bits per heavy atom. The molecule has 0 aliphatic carbocycles. The SMILES string of the molecule is O=C1C(Cc2ccc(F)c(F)c2)CCCN1c1cc(-c2ccncc2)n[nH]1. The summed E-state index contributed by atoms with van der Waals surface area (Å²) in [4.78, 5) is 18.6. The largest absolute Gasteiger partial charge is 0.297 e. The molecular weight excluding hydrogens is 350 g/mol. The highest BCUT2D eigenvalue weighted by Crippen LogP contribution is 2.28. The highest BCUT2D eigenvalue weighted by atomic mass is 19.2. The quantitative estimate of drug-likeness (QED) is 0.763. The fourth-order valence-corrected chi connectivity index (χ4v) is 3.45. The molecule has 1 atom stereocenters. The first-order chi connectivity index (χ1) is 13.1. The molecule has 1 saturated heterocycles. The van der Waals surface area contributed by atoms with E-state index in [1.807, 2.05) is 18.2 Å². The minimum absolute atomic E-state index is 0.0316. The molecule has 0 spiro atoms. The van der Waals surface area contributed by atoms with Crippen LogP contribution in [0.15, 0.2) is 48.8 Å². The lowest BCUT2D eigenvalue weighted by atomic mass is 9.90. The number of rotatable bonds is 4. The Balaban J connectivity index is 1.52. The second kappa shape index (κ2) is 7.26. The Morgan fingerprint density at radius 3 is 2.70 bits per heavy atom. The van der Waals surface area contributed by atoms with Crippen LogP contribution in [0.3, 0.4) is 0 Å². The Bertz CT molecular complexity index is 958. The maximum absolute atomic E-state index is 13.4. The van der Waals surface area contributed by atoms with Crippen molar-refractivity contribution in [2.24, 2.45) is 5.92 Å². The predicted molar refractivity (Wildman–Crippen MR) is 97.0 cm³/mol. The van der Waals surface area contributed by atoms with Crippen molar-refractivity contribution in [1.29, 1.82) is 0 Å². The maximum atomic E-state index is 13.4. The number of carbonyl (C=O) groups is 1. The first-order valence-corrected chi connectivity index (χ1v) is 8.83. The van der Waals surface area contributed by atoms with Gasteiger partial charge in [0, 0.05) is 36.5 Å². The Labute approximate surface area is 155 Å². The Morgan fingerprint density at radius 2 is 1.93 bits per heavy atom. The molecule has 1 aromatic carbocycles. The van der Waals surface area contributed by atoms with Crippen molar-refractivity contribution in [3.63, 3.8) is 0 Å².